The second-order valence-electron chi connectivity index (χ2n) is 2.50. The second-order valence-corrected chi connectivity index (χ2v) is 2.50. The van der Waals surface area contributed by atoms with Gasteiger partial charge in [0.05, 0.1) is 0 Å². The number of aromatic nitrogens is 3. The molecule has 4 nitrogen and oxygen atoms in total. The molecule has 0 saturated heterocycles. The molecule has 1 aromatic heterocycles. The Morgan fingerprint density at radius 3 is 2.00 bits per heavy atom. The van der Waals surface area contributed by atoms with Crippen LogP contribution in [0.4, 0.5) is 14.7 Å². The molecule has 0 aliphatic heterocycles. The van der Waals surface area contributed by atoms with E-state index in [4.69, 9.17) is 0 Å². The maximum Gasteiger partial charge on any atom is 0.315 e. The van der Waals surface area contributed by atoms with E-state index in [-0.39, 0.29) is 12.0 Å². The van der Waals surface area contributed by atoms with Gasteiger partial charge in [-0.3, -0.25) is 0 Å². The molecule has 0 aromatic carbocycles. The average molecular weight is 174 g/mol. The lowest BCUT2D eigenvalue weighted by atomic mass is 10.4. The number of hydrogen-bond donors (Lipinski definition) is 1. The first kappa shape index (κ1) is 8.76. The van der Waals surface area contributed by atoms with Gasteiger partial charge in [-0.15, -0.1) is 0 Å². The van der Waals surface area contributed by atoms with Crippen molar-refractivity contribution in [3.63, 3.8) is 0 Å². The Labute approximate surface area is 68.1 Å². The van der Waals surface area contributed by atoms with Crippen LogP contribution in [0, 0.1) is 12.2 Å². The van der Waals surface area contributed by atoms with Gasteiger partial charge >= 0.3 is 12.2 Å². The Hall–Kier alpha value is -1.33. The van der Waals surface area contributed by atoms with Crippen molar-refractivity contribution in [2.75, 3.05) is 5.32 Å². The first-order valence-corrected chi connectivity index (χ1v) is 3.41. The van der Waals surface area contributed by atoms with E-state index in [1.807, 2.05) is 0 Å². The summed E-state index contributed by atoms with van der Waals surface area (Å²) < 4.78 is 24.7. The maximum atomic E-state index is 12.3. The number of nitrogens with one attached hydrogen (secondary N) is 1. The fourth-order valence-electron chi connectivity index (χ4n) is 0.649. The molecule has 12 heavy (non-hydrogen) atoms. The van der Waals surface area contributed by atoms with E-state index in [2.05, 4.69) is 20.3 Å². The molecule has 0 aliphatic carbocycles. The molecule has 0 saturated carbocycles. The van der Waals surface area contributed by atoms with Crippen LogP contribution in [0.3, 0.4) is 0 Å². The van der Waals surface area contributed by atoms with Crippen molar-refractivity contribution in [2.24, 2.45) is 0 Å². The van der Waals surface area contributed by atoms with E-state index in [1.165, 1.54) is 0 Å². The van der Waals surface area contributed by atoms with Gasteiger partial charge in [0.1, 0.15) is 0 Å². The topological polar surface area (TPSA) is 50.7 Å². The van der Waals surface area contributed by atoms with Crippen LogP contribution in [-0.4, -0.2) is 21.0 Å². The van der Waals surface area contributed by atoms with Crippen molar-refractivity contribution in [3.05, 3.63) is 12.2 Å². The standard InChI is InChI=1S/C6H8F2N4/c1-3(2)9-6-11-4(7)10-5(8)12-6/h3H,1-2H3,(H,9,10,11,12). The summed E-state index contributed by atoms with van der Waals surface area (Å²) in [5, 5.41) is 2.64. The highest BCUT2D eigenvalue weighted by Gasteiger charge is 2.05. The lowest BCUT2D eigenvalue weighted by Crippen LogP contribution is -2.14. The summed E-state index contributed by atoms with van der Waals surface area (Å²) in [6.07, 6.45) is -2.24. The summed E-state index contributed by atoms with van der Waals surface area (Å²) in [7, 11) is 0. The van der Waals surface area contributed by atoms with Gasteiger partial charge in [-0.2, -0.15) is 23.7 Å². The van der Waals surface area contributed by atoms with Crippen LogP contribution in [0.5, 0.6) is 0 Å². The minimum absolute atomic E-state index is 0.0196. The number of hydrogen-bond acceptors (Lipinski definition) is 4. The van der Waals surface area contributed by atoms with E-state index in [0.29, 0.717) is 0 Å². The summed E-state index contributed by atoms with van der Waals surface area (Å²) in [6, 6.07) is 0.0196. The van der Waals surface area contributed by atoms with Crippen molar-refractivity contribution in [2.45, 2.75) is 19.9 Å². The quantitative estimate of drug-likeness (QED) is 0.725. The molecular weight excluding hydrogens is 166 g/mol. The van der Waals surface area contributed by atoms with Crippen LogP contribution in [0.25, 0.3) is 0 Å². The lowest BCUT2D eigenvalue weighted by molar-refractivity contribution is 0.456. The third-order valence-corrected chi connectivity index (χ3v) is 0.999. The summed E-state index contributed by atoms with van der Waals surface area (Å²) in [4.78, 5) is 9.21. The highest BCUT2D eigenvalue weighted by Crippen LogP contribution is 2.00. The lowest BCUT2D eigenvalue weighted by Gasteiger charge is -2.06. The molecule has 6 heteroatoms. The average Bonchev–Trinajstić information content (AvgIpc) is 1.81. The van der Waals surface area contributed by atoms with Crippen LogP contribution in [0.15, 0.2) is 0 Å². The number of nitrogens with zero attached hydrogens (tertiary/aromatic N) is 3. The summed E-state index contributed by atoms with van der Waals surface area (Å²) >= 11 is 0. The van der Waals surface area contributed by atoms with Crippen LogP contribution >= 0.6 is 0 Å². The first-order chi connectivity index (χ1) is 5.58. The molecule has 1 aromatic rings. The Morgan fingerprint density at radius 2 is 1.58 bits per heavy atom. The highest BCUT2D eigenvalue weighted by atomic mass is 19.1. The second kappa shape index (κ2) is 3.38. The Bertz CT molecular complexity index is 256. The first-order valence-electron chi connectivity index (χ1n) is 3.41. The predicted octanol–water partition coefficient (Wildman–Crippen LogP) is 0.970. The van der Waals surface area contributed by atoms with E-state index in [0.717, 1.165) is 0 Å². The van der Waals surface area contributed by atoms with E-state index >= 15 is 0 Å². The van der Waals surface area contributed by atoms with Crippen molar-refractivity contribution >= 4 is 5.95 Å². The van der Waals surface area contributed by atoms with Crippen LogP contribution in [0.1, 0.15) is 13.8 Å². The maximum absolute atomic E-state index is 12.3. The van der Waals surface area contributed by atoms with E-state index in [9.17, 15) is 8.78 Å². The van der Waals surface area contributed by atoms with Gasteiger partial charge in [0.15, 0.2) is 0 Å². The van der Waals surface area contributed by atoms with Gasteiger partial charge in [0.2, 0.25) is 5.95 Å². The molecule has 0 bridgehead atoms. The van der Waals surface area contributed by atoms with Gasteiger partial charge < -0.3 is 5.32 Å². The van der Waals surface area contributed by atoms with Gasteiger partial charge in [-0.1, -0.05) is 0 Å². The number of rotatable bonds is 2. The Balaban J connectivity index is 2.85. The zero-order chi connectivity index (χ0) is 9.14. The Kier molecular flexibility index (Phi) is 2.47. The molecule has 0 unspecified atom stereocenters. The number of halogens is 2. The van der Waals surface area contributed by atoms with Crippen molar-refractivity contribution in [1.29, 1.82) is 0 Å². The number of anilines is 1. The van der Waals surface area contributed by atoms with Crippen molar-refractivity contribution in [1.82, 2.24) is 15.0 Å². The third-order valence-electron chi connectivity index (χ3n) is 0.999. The minimum atomic E-state index is -1.12. The summed E-state index contributed by atoms with van der Waals surface area (Å²) in [5.74, 6) is -0.0880. The predicted molar refractivity (Wildman–Crippen MR) is 38.5 cm³/mol. The van der Waals surface area contributed by atoms with Crippen LogP contribution in [0.2, 0.25) is 0 Å². The largest absolute Gasteiger partial charge is 0.352 e. The molecule has 1 heterocycles. The van der Waals surface area contributed by atoms with Gasteiger partial charge in [0, 0.05) is 6.04 Å². The molecule has 0 aliphatic rings. The minimum Gasteiger partial charge on any atom is -0.352 e. The van der Waals surface area contributed by atoms with Gasteiger partial charge in [-0.25, -0.2) is 0 Å². The third kappa shape index (κ3) is 2.37. The zero-order valence-electron chi connectivity index (χ0n) is 6.67. The molecule has 0 atom stereocenters. The molecule has 1 rings (SSSR count). The Morgan fingerprint density at radius 1 is 1.08 bits per heavy atom. The van der Waals surface area contributed by atoms with Crippen LogP contribution < -0.4 is 5.32 Å². The monoisotopic (exact) mass is 174 g/mol. The normalized spacial score (nSPS) is 10.4. The van der Waals surface area contributed by atoms with Crippen LogP contribution in [-0.2, 0) is 0 Å². The fraction of sp³-hybridized carbons (Fsp3) is 0.500. The van der Waals surface area contributed by atoms with Gasteiger partial charge in [-0.05, 0) is 13.8 Å². The highest BCUT2D eigenvalue weighted by molar-refractivity contribution is 5.22. The summed E-state index contributed by atoms with van der Waals surface area (Å²) in [6.45, 7) is 3.61. The molecule has 0 spiro atoms. The zero-order valence-corrected chi connectivity index (χ0v) is 6.67. The molecule has 0 amide bonds. The SMILES string of the molecule is CC(C)Nc1nc(F)nc(F)n1. The van der Waals surface area contributed by atoms with Crippen molar-refractivity contribution in [3.8, 4) is 0 Å². The smallest absolute Gasteiger partial charge is 0.315 e. The van der Waals surface area contributed by atoms with E-state index < -0.39 is 12.2 Å². The molecule has 1 N–H and O–H groups in total. The van der Waals surface area contributed by atoms with E-state index in [1.54, 1.807) is 13.8 Å². The molecular formula is C6H8F2N4. The molecule has 0 fully saturated rings. The summed E-state index contributed by atoms with van der Waals surface area (Å²) in [5.41, 5.74) is 0. The molecule has 0 radical (unpaired) electrons. The molecule has 66 valence electrons. The fourth-order valence-corrected chi connectivity index (χ4v) is 0.649. The van der Waals surface area contributed by atoms with Crippen molar-refractivity contribution < 1.29 is 8.78 Å². The van der Waals surface area contributed by atoms with Gasteiger partial charge in [0.25, 0.3) is 0 Å².